The first kappa shape index (κ1) is 19.4. The van der Waals surface area contributed by atoms with Crippen molar-refractivity contribution in [2.75, 3.05) is 14.2 Å². The summed E-state index contributed by atoms with van der Waals surface area (Å²) in [6.07, 6.45) is 0. The molecule has 4 rings (SSSR count). The van der Waals surface area contributed by atoms with Gasteiger partial charge in [0.05, 0.1) is 14.2 Å². The zero-order valence-corrected chi connectivity index (χ0v) is 16.5. The van der Waals surface area contributed by atoms with Crippen molar-refractivity contribution in [3.63, 3.8) is 0 Å². The minimum Gasteiger partial charge on any atom is -0.497 e. The molecule has 0 saturated carbocycles. The molecule has 4 aromatic rings. The molecule has 3 aromatic carbocycles. The second-order valence-corrected chi connectivity index (χ2v) is 6.44. The van der Waals surface area contributed by atoms with Crippen LogP contribution < -0.4 is 14.2 Å². The Morgan fingerprint density at radius 2 is 1.67 bits per heavy atom. The highest BCUT2D eigenvalue weighted by Gasteiger charge is 2.14. The zero-order chi connectivity index (χ0) is 20.9. The summed E-state index contributed by atoms with van der Waals surface area (Å²) in [5.74, 6) is 2.32. The van der Waals surface area contributed by atoms with Crippen molar-refractivity contribution in [1.29, 1.82) is 0 Å². The van der Waals surface area contributed by atoms with Gasteiger partial charge in [-0.2, -0.15) is 4.98 Å². The van der Waals surface area contributed by atoms with Gasteiger partial charge in [-0.1, -0.05) is 17.3 Å². The van der Waals surface area contributed by atoms with Gasteiger partial charge < -0.3 is 18.7 Å². The molecule has 1 aromatic heterocycles. The highest BCUT2D eigenvalue weighted by molar-refractivity contribution is 5.63. The molecule has 0 saturated heterocycles. The maximum Gasteiger partial charge on any atom is 0.258 e. The van der Waals surface area contributed by atoms with Crippen LogP contribution in [0.3, 0.4) is 0 Å². The van der Waals surface area contributed by atoms with Gasteiger partial charge in [0.2, 0.25) is 5.82 Å². The molecule has 0 aliphatic carbocycles. The van der Waals surface area contributed by atoms with Crippen LogP contribution in [0.4, 0.5) is 4.39 Å². The first-order chi connectivity index (χ1) is 14.7. The van der Waals surface area contributed by atoms with Gasteiger partial charge in [0.1, 0.15) is 18.2 Å². The fraction of sp³-hybridized carbons (Fsp3) is 0.130. The molecule has 0 spiro atoms. The molecule has 7 heteroatoms. The van der Waals surface area contributed by atoms with E-state index in [1.54, 1.807) is 38.5 Å². The van der Waals surface area contributed by atoms with Crippen LogP contribution in [-0.2, 0) is 6.61 Å². The molecule has 0 fully saturated rings. The highest BCUT2D eigenvalue weighted by atomic mass is 19.1. The Bertz CT molecular complexity index is 1140. The van der Waals surface area contributed by atoms with Crippen molar-refractivity contribution in [3.05, 3.63) is 78.1 Å². The third-order valence-electron chi connectivity index (χ3n) is 4.47. The minimum absolute atomic E-state index is 0.220. The molecule has 0 N–H and O–H groups in total. The maximum absolute atomic E-state index is 13.3. The van der Waals surface area contributed by atoms with E-state index in [2.05, 4.69) is 10.1 Å². The Morgan fingerprint density at radius 3 is 2.40 bits per heavy atom. The lowest BCUT2D eigenvalue weighted by Gasteiger charge is -2.11. The van der Waals surface area contributed by atoms with Crippen LogP contribution in [0.15, 0.2) is 71.3 Å². The van der Waals surface area contributed by atoms with E-state index in [1.807, 2.05) is 30.3 Å². The standard InChI is InChI=1S/C23H19FN2O4/c1-27-19-9-6-16(7-10-19)23-25-22(26-30-23)17-8-11-20(21(13-17)28-2)29-14-15-4-3-5-18(24)12-15/h3-13H,14H2,1-2H3. The second kappa shape index (κ2) is 8.65. The molecule has 1 heterocycles. The number of benzene rings is 3. The molecule has 152 valence electrons. The fourth-order valence-corrected chi connectivity index (χ4v) is 2.91. The van der Waals surface area contributed by atoms with Crippen LogP contribution in [0.1, 0.15) is 5.56 Å². The lowest BCUT2D eigenvalue weighted by atomic mass is 10.2. The van der Waals surface area contributed by atoms with Gasteiger partial charge in [-0.3, -0.25) is 0 Å². The summed E-state index contributed by atoms with van der Waals surface area (Å²) in [5, 5.41) is 4.06. The van der Waals surface area contributed by atoms with E-state index < -0.39 is 0 Å². The van der Waals surface area contributed by atoms with Crippen molar-refractivity contribution in [2.45, 2.75) is 6.61 Å². The normalized spacial score (nSPS) is 10.6. The van der Waals surface area contributed by atoms with Gasteiger partial charge in [0.25, 0.3) is 5.89 Å². The van der Waals surface area contributed by atoms with E-state index >= 15 is 0 Å². The van der Waals surface area contributed by atoms with E-state index in [-0.39, 0.29) is 12.4 Å². The highest BCUT2D eigenvalue weighted by Crippen LogP contribution is 2.33. The van der Waals surface area contributed by atoms with E-state index in [9.17, 15) is 4.39 Å². The number of halogens is 1. The monoisotopic (exact) mass is 406 g/mol. The van der Waals surface area contributed by atoms with Crippen LogP contribution in [0.2, 0.25) is 0 Å². The van der Waals surface area contributed by atoms with Gasteiger partial charge in [-0.05, 0) is 60.2 Å². The van der Waals surface area contributed by atoms with E-state index in [0.717, 1.165) is 16.9 Å². The predicted octanol–water partition coefficient (Wildman–Crippen LogP) is 5.14. The van der Waals surface area contributed by atoms with Gasteiger partial charge >= 0.3 is 0 Å². The molecular weight excluding hydrogens is 387 g/mol. The van der Waals surface area contributed by atoms with Crippen molar-refractivity contribution in [1.82, 2.24) is 10.1 Å². The zero-order valence-electron chi connectivity index (χ0n) is 16.5. The van der Waals surface area contributed by atoms with Crippen LogP contribution in [-0.4, -0.2) is 24.4 Å². The summed E-state index contributed by atoms with van der Waals surface area (Å²) in [4.78, 5) is 4.46. The summed E-state index contributed by atoms with van der Waals surface area (Å²) in [7, 11) is 3.16. The summed E-state index contributed by atoms with van der Waals surface area (Å²) >= 11 is 0. The average molecular weight is 406 g/mol. The Labute approximate surface area is 172 Å². The number of ether oxygens (including phenoxy) is 3. The lowest BCUT2D eigenvalue weighted by molar-refractivity contribution is 0.284. The van der Waals surface area contributed by atoms with Gasteiger partial charge in [0, 0.05) is 11.1 Å². The van der Waals surface area contributed by atoms with Crippen molar-refractivity contribution >= 4 is 0 Å². The summed E-state index contributed by atoms with van der Waals surface area (Å²) in [5.41, 5.74) is 2.23. The number of rotatable bonds is 7. The number of nitrogens with zero attached hydrogens (tertiary/aromatic N) is 2. The summed E-state index contributed by atoms with van der Waals surface area (Å²) < 4.78 is 35.1. The van der Waals surface area contributed by atoms with Crippen LogP contribution >= 0.6 is 0 Å². The number of methoxy groups -OCH3 is 2. The topological polar surface area (TPSA) is 66.6 Å². The SMILES string of the molecule is COc1ccc(-c2nc(-c3ccc(OCc4cccc(F)c4)c(OC)c3)no2)cc1. The lowest BCUT2D eigenvalue weighted by Crippen LogP contribution is -1.98. The Morgan fingerprint density at radius 1 is 0.867 bits per heavy atom. The van der Waals surface area contributed by atoms with Crippen molar-refractivity contribution in [2.24, 2.45) is 0 Å². The minimum atomic E-state index is -0.303. The van der Waals surface area contributed by atoms with Gasteiger partial charge in [-0.25, -0.2) is 4.39 Å². The third-order valence-corrected chi connectivity index (χ3v) is 4.47. The molecule has 0 aliphatic rings. The quantitative estimate of drug-likeness (QED) is 0.423. The van der Waals surface area contributed by atoms with Crippen LogP contribution in [0.5, 0.6) is 17.2 Å². The van der Waals surface area contributed by atoms with E-state index in [4.69, 9.17) is 18.7 Å². The Kier molecular flexibility index (Phi) is 5.61. The number of hydrogen-bond acceptors (Lipinski definition) is 6. The molecule has 0 unspecified atom stereocenters. The van der Waals surface area contributed by atoms with Crippen LogP contribution in [0, 0.1) is 5.82 Å². The summed E-state index contributed by atoms with van der Waals surface area (Å²) in [6, 6.07) is 19.0. The molecule has 6 nitrogen and oxygen atoms in total. The molecule has 0 atom stereocenters. The van der Waals surface area contributed by atoms with Crippen molar-refractivity contribution in [3.8, 4) is 40.1 Å². The molecule has 0 radical (unpaired) electrons. The van der Waals surface area contributed by atoms with E-state index in [0.29, 0.717) is 28.8 Å². The molecule has 0 amide bonds. The predicted molar refractivity (Wildman–Crippen MR) is 109 cm³/mol. The Hall–Kier alpha value is -3.87. The average Bonchev–Trinajstić information content (AvgIpc) is 3.28. The molecular formula is C23H19FN2O4. The molecule has 0 bridgehead atoms. The maximum atomic E-state index is 13.3. The Balaban J connectivity index is 1.53. The largest absolute Gasteiger partial charge is 0.497 e. The summed E-state index contributed by atoms with van der Waals surface area (Å²) in [6.45, 7) is 0.220. The van der Waals surface area contributed by atoms with Crippen molar-refractivity contribution < 1.29 is 23.1 Å². The number of hydrogen-bond donors (Lipinski definition) is 0. The first-order valence-electron chi connectivity index (χ1n) is 9.20. The molecule has 0 aliphatic heterocycles. The number of aromatic nitrogens is 2. The third kappa shape index (κ3) is 4.25. The smallest absolute Gasteiger partial charge is 0.258 e. The molecule has 30 heavy (non-hydrogen) atoms. The first-order valence-corrected chi connectivity index (χ1v) is 9.20. The second-order valence-electron chi connectivity index (χ2n) is 6.44. The van der Waals surface area contributed by atoms with Gasteiger partial charge in [-0.15, -0.1) is 0 Å². The van der Waals surface area contributed by atoms with Crippen LogP contribution in [0.25, 0.3) is 22.8 Å². The van der Waals surface area contributed by atoms with Gasteiger partial charge in [0.15, 0.2) is 11.5 Å². The van der Waals surface area contributed by atoms with E-state index in [1.165, 1.54) is 12.1 Å². The fourth-order valence-electron chi connectivity index (χ4n) is 2.91.